The lowest BCUT2D eigenvalue weighted by atomic mass is 9.81. The van der Waals surface area contributed by atoms with Gasteiger partial charge >= 0.3 is 12.4 Å². The van der Waals surface area contributed by atoms with E-state index in [2.05, 4.69) is 4.98 Å². The van der Waals surface area contributed by atoms with Gasteiger partial charge in [0.15, 0.2) is 0 Å². The fourth-order valence-electron chi connectivity index (χ4n) is 3.73. The fourth-order valence-corrected chi connectivity index (χ4v) is 3.73. The van der Waals surface area contributed by atoms with Gasteiger partial charge in [-0.3, -0.25) is 9.78 Å². The number of halogens is 6. The molecule has 0 spiro atoms. The normalized spacial score (nSPS) is 12.5. The Bertz CT molecular complexity index is 1180. The second-order valence-electron chi connectivity index (χ2n) is 8.49. The van der Waals surface area contributed by atoms with Gasteiger partial charge in [0.25, 0.3) is 0 Å². The van der Waals surface area contributed by atoms with Gasteiger partial charge in [0, 0.05) is 25.0 Å². The smallest absolute Gasteiger partial charge is 0.314 e. The number of amides is 1. The highest BCUT2D eigenvalue weighted by molar-refractivity contribution is 6.03. The predicted molar refractivity (Wildman–Crippen MR) is 117 cm³/mol. The molecular weight excluding hydrogens is 458 g/mol. The predicted octanol–water partition coefficient (Wildman–Crippen LogP) is 7.04. The molecule has 1 amide bonds. The first kappa shape index (κ1) is 25.3. The van der Waals surface area contributed by atoms with E-state index in [0.717, 1.165) is 11.1 Å². The van der Waals surface area contributed by atoms with Crippen molar-refractivity contribution in [3.05, 3.63) is 83.2 Å². The molecule has 0 atom stereocenters. The SMILES string of the molecule is Cc1ccccc1-c1cnccc1N(C)C(=O)C(C)(C)c1cc(C(F)(F)F)cc(C(F)(F)F)c1. The third-order valence-corrected chi connectivity index (χ3v) is 5.74. The van der Waals surface area contributed by atoms with Gasteiger partial charge in [-0.05, 0) is 61.7 Å². The van der Waals surface area contributed by atoms with Crippen molar-refractivity contribution in [2.75, 3.05) is 11.9 Å². The minimum atomic E-state index is -5.01. The first-order valence-corrected chi connectivity index (χ1v) is 10.2. The zero-order chi connectivity index (χ0) is 25.5. The average molecular weight is 480 g/mol. The van der Waals surface area contributed by atoms with E-state index in [0.29, 0.717) is 23.4 Å². The van der Waals surface area contributed by atoms with Gasteiger partial charge in [-0.15, -0.1) is 0 Å². The van der Waals surface area contributed by atoms with Gasteiger partial charge in [-0.1, -0.05) is 24.3 Å². The Labute approximate surface area is 193 Å². The molecule has 1 aromatic heterocycles. The lowest BCUT2D eigenvalue weighted by molar-refractivity contribution is -0.143. The molecule has 1 heterocycles. The van der Waals surface area contributed by atoms with Crippen LogP contribution in [0.15, 0.2) is 60.9 Å². The molecule has 9 heteroatoms. The van der Waals surface area contributed by atoms with Crippen LogP contribution in [0.1, 0.15) is 36.1 Å². The number of rotatable bonds is 4. The highest BCUT2D eigenvalue weighted by atomic mass is 19.4. The molecule has 0 unspecified atom stereocenters. The maximum Gasteiger partial charge on any atom is 0.416 e. The molecule has 0 N–H and O–H groups in total. The van der Waals surface area contributed by atoms with Crippen molar-refractivity contribution in [1.29, 1.82) is 0 Å². The highest BCUT2D eigenvalue weighted by Crippen LogP contribution is 2.40. The van der Waals surface area contributed by atoms with Crippen LogP contribution in [0.25, 0.3) is 11.1 Å². The Morgan fingerprint density at radius 3 is 1.88 bits per heavy atom. The third kappa shape index (κ3) is 4.93. The molecule has 2 aromatic carbocycles. The monoisotopic (exact) mass is 480 g/mol. The summed E-state index contributed by atoms with van der Waals surface area (Å²) in [5.74, 6) is -0.680. The zero-order valence-corrected chi connectivity index (χ0v) is 18.8. The third-order valence-electron chi connectivity index (χ3n) is 5.74. The first-order valence-electron chi connectivity index (χ1n) is 10.2. The number of benzene rings is 2. The molecule has 3 nitrogen and oxygen atoms in total. The standard InChI is InChI=1S/C25H22F6N2O/c1-15-7-5-6-8-19(15)20-14-32-10-9-21(20)33(4)22(34)23(2,3)16-11-17(24(26,27)28)13-18(12-16)25(29,30)31/h5-14H,1-4H3. The van der Waals surface area contributed by atoms with E-state index in [1.165, 1.54) is 32.0 Å². The summed E-state index contributed by atoms with van der Waals surface area (Å²) in [7, 11) is 1.43. The molecular formula is C25H22F6N2O. The van der Waals surface area contributed by atoms with Crippen molar-refractivity contribution >= 4 is 11.6 Å². The molecule has 0 aliphatic rings. The summed E-state index contributed by atoms with van der Waals surface area (Å²) >= 11 is 0. The molecule has 3 rings (SSSR count). The van der Waals surface area contributed by atoms with Crippen molar-refractivity contribution in [3.63, 3.8) is 0 Å². The summed E-state index contributed by atoms with van der Waals surface area (Å²) in [6, 6.07) is 10.2. The van der Waals surface area contributed by atoms with E-state index >= 15 is 0 Å². The van der Waals surface area contributed by atoms with Crippen molar-refractivity contribution in [2.45, 2.75) is 38.5 Å². The minimum Gasteiger partial charge on any atom is -0.314 e. The van der Waals surface area contributed by atoms with Crippen LogP contribution < -0.4 is 4.90 Å². The lowest BCUT2D eigenvalue weighted by Crippen LogP contribution is -2.42. The molecule has 180 valence electrons. The number of pyridine rings is 1. The van der Waals surface area contributed by atoms with Gasteiger partial charge in [0.1, 0.15) is 0 Å². The van der Waals surface area contributed by atoms with E-state index in [-0.39, 0.29) is 6.07 Å². The van der Waals surface area contributed by atoms with E-state index in [4.69, 9.17) is 0 Å². The number of hydrogen-bond donors (Lipinski definition) is 0. The number of carbonyl (C=O) groups is 1. The minimum absolute atomic E-state index is 0.0485. The highest BCUT2D eigenvalue weighted by Gasteiger charge is 2.41. The van der Waals surface area contributed by atoms with Crippen molar-refractivity contribution < 1.29 is 31.1 Å². The van der Waals surface area contributed by atoms with Crippen LogP contribution in [-0.2, 0) is 22.6 Å². The van der Waals surface area contributed by atoms with E-state index in [1.807, 2.05) is 31.2 Å². The number of likely N-dealkylation sites (N-methyl/N-ethyl adjacent to an activating group) is 1. The number of carbonyl (C=O) groups excluding carboxylic acids is 1. The Kier molecular flexibility index (Phi) is 6.52. The maximum atomic E-state index is 13.5. The number of anilines is 1. The topological polar surface area (TPSA) is 33.2 Å². The van der Waals surface area contributed by atoms with Crippen molar-refractivity contribution in [3.8, 4) is 11.1 Å². The summed E-state index contributed by atoms with van der Waals surface area (Å²) in [4.78, 5) is 18.8. The summed E-state index contributed by atoms with van der Waals surface area (Å²) in [5.41, 5.74) is -2.31. The molecule has 0 fully saturated rings. The molecule has 0 saturated heterocycles. The Balaban J connectivity index is 2.10. The van der Waals surface area contributed by atoms with Gasteiger partial charge < -0.3 is 4.90 Å². The van der Waals surface area contributed by atoms with Crippen LogP contribution in [0.3, 0.4) is 0 Å². The van der Waals surface area contributed by atoms with Crippen LogP contribution in [0, 0.1) is 6.92 Å². The number of aromatic nitrogens is 1. The average Bonchev–Trinajstić information content (AvgIpc) is 2.77. The first-order chi connectivity index (χ1) is 15.6. The Morgan fingerprint density at radius 1 is 0.824 bits per heavy atom. The zero-order valence-electron chi connectivity index (χ0n) is 18.8. The van der Waals surface area contributed by atoms with Gasteiger partial charge in [0.2, 0.25) is 5.91 Å². The second kappa shape index (κ2) is 8.77. The van der Waals surface area contributed by atoms with Crippen LogP contribution in [0.4, 0.5) is 32.0 Å². The van der Waals surface area contributed by atoms with Crippen molar-refractivity contribution in [1.82, 2.24) is 4.98 Å². The van der Waals surface area contributed by atoms with Crippen molar-refractivity contribution in [2.24, 2.45) is 0 Å². The summed E-state index contributed by atoms with van der Waals surface area (Å²) in [6.07, 6.45) is -7.01. The van der Waals surface area contributed by atoms with Crippen LogP contribution >= 0.6 is 0 Å². The van der Waals surface area contributed by atoms with E-state index < -0.39 is 40.4 Å². The summed E-state index contributed by atoms with van der Waals surface area (Å²) < 4.78 is 80.1. The Hall–Kier alpha value is -3.36. The quantitative estimate of drug-likeness (QED) is 0.376. The number of aryl methyl sites for hydroxylation is 1. The largest absolute Gasteiger partial charge is 0.416 e. The molecule has 0 bridgehead atoms. The molecule has 0 aliphatic heterocycles. The van der Waals surface area contributed by atoms with Crippen LogP contribution in [-0.4, -0.2) is 17.9 Å². The van der Waals surface area contributed by atoms with Gasteiger partial charge in [0.05, 0.1) is 22.2 Å². The number of nitrogens with zero attached hydrogens (tertiary/aromatic N) is 2. The fraction of sp³-hybridized carbons (Fsp3) is 0.280. The summed E-state index contributed by atoms with van der Waals surface area (Å²) in [6.45, 7) is 4.48. The molecule has 0 saturated carbocycles. The lowest BCUT2D eigenvalue weighted by Gasteiger charge is -2.32. The molecule has 0 radical (unpaired) electrons. The Morgan fingerprint density at radius 2 is 1.35 bits per heavy atom. The van der Waals surface area contributed by atoms with Crippen LogP contribution in [0.5, 0.6) is 0 Å². The van der Waals surface area contributed by atoms with E-state index in [1.54, 1.807) is 12.3 Å². The molecule has 34 heavy (non-hydrogen) atoms. The van der Waals surface area contributed by atoms with Gasteiger partial charge in [-0.25, -0.2) is 0 Å². The van der Waals surface area contributed by atoms with Crippen LogP contribution in [0.2, 0.25) is 0 Å². The maximum absolute atomic E-state index is 13.5. The number of hydrogen-bond acceptors (Lipinski definition) is 2. The van der Waals surface area contributed by atoms with E-state index in [9.17, 15) is 31.1 Å². The molecule has 3 aromatic rings. The molecule has 0 aliphatic carbocycles. The second-order valence-corrected chi connectivity index (χ2v) is 8.49. The van der Waals surface area contributed by atoms with Gasteiger partial charge in [-0.2, -0.15) is 26.3 Å². The number of alkyl halides is 6. The summed E-state index contributed by atoms with van der Waals surface area (Å²) in [5, 5.41) is 0.